The molecule has 1 saturated heterocycles. The van der Waals surface area contributed by atoms with Crippen LogP contribution in [0.25, 0.3) is 11.0 Å². The van der Waals surface area contributed by atoms with E-state index in [1.165, 1.54) is 5.56 Å². The van der Waals surface area contributed by atoms with Crippen LogP contribution in [0.4, 0.5) is 4.39 Å². The van der Waals surface area contributed by atoms with E-state index in [1.807, 2.05) is 6.07 Å². The standard InChI is InChI=1S/C21H22FNO/c1-15-13-23(14-16-5-3-2-4-6-16)9-7-19(15)20-12-18(22)11-17-8-10-24-21(17)20/h2-6,8,10-12,15,19H,7,9,13-14H2,1H3. The molecule has 4 rings (SSSR count). The van der Waals surface area contributed by atoms with Crippen molar-refractivity contribution in [1.29, 1.82) is 0 Å². The molecule has 0 saturated carbocycles. The van der Waals surface area contributed by atoms with Crippen LogP contribution in [0.2, 0.25) is 0 Å². The van der Waals surface area contributed by atoms with Gasteiger partial charge in [-0.3, -0.25) is 4.90 Å². The van der Waals surface area contributed by atoms with Crippen LogP contribution in [0.15, 0.2) is 59.2 Å². The largest absolute Gasteiger partial charge is 0.464 e. The Morgan fingerprint density at radius 2 is 2.00 bits per heavy atom. The molecule has 1 aromatic heterocycles. The van der Waals surface area contributed by atoms with Gasteiger partial charge in [-0.05, 0) is 48.6 Å². The fraction of sp³-hybridized carbons (Fsp3) is 0.333. The van der Waals surface area contributed by atoms with Gasteiger partial charge in [0.15, 0.2) is 0 Å². The quantitative estimate of drug-likeness (QED) is 0.659. The number of hydrogen-bond acceptors (Lipinski definition) is 2. The van der Waals surface area contributed by atoms with Gasteiger partial charge in [-0.1, -0.05) is 37.3 Å². The second kappa shape index (κ2) is 6.40. The van der Waals surface area contributed by atoms with Gasteiger partial charge in [0.25, 0.3) is 0 Å². The smallest absolute Gasteiger partial charge is 0.137 e. The van der Waals surface area contributed by atoms with Crippen molar-refractivity contribution in [3.05, 3.63) is 71.7 Å². The number of nitrogens with zero attached hydrogens (tertiary/aromatic N) is 1. The monoisotopic (exact) mass is 323 g/mol. The highest BCUT2D eigenvalue weighted by atomic mass is 19.1. The van der Waals surface area contributed by atoms with E-state index in [0.717, 1.165) is 42.6 Å². The summed E-state index contributed by atoms with van der Waals surface area (Å²) in [5, 5.41) is 0.865. The first-order valence-corrected chi connectivity index (χ1v) is 8.63. The Hall–Kier alpha value is -2.13. The minimum absolute atomic E-state index is 0.169. The summed E-state index contributed by atoms with van der Waals surface area (Å²) in [6.07, 6.45) is 2.69. The molecule has 0 bridgehead atoms. The van der Waals surface area contributed by atoms with Gasteiger partial charge in [0.05, 0.1) is 6.26 Å². The minimum Gasteiger partial charge on any atom is -0.464 e. The Bertz CT molecular complexity index is 826. The van der Waals surface area contributed by atoms with E-state index in [2.05, 4.69) is 42.2 Å². The van der Waals surface area contributed by atoms with E-state index in [-0.39, 0.29) is 5.82 Å². The fourth-order valence-corrected chi connectivity index (χ4v) is 4.03. The summed E-state index contributed by atoms with van der Waals surface area (Å²) in [6, 6.07) is 15.6. The van der Waals surface area contributed by atoms with Gasteiger partial charge in [-0.25, -0.2) is 4.39 Å². The molecule has 0 spiro atoms. The molecule has 1 aliphatic rings. The first-order valence-electron chi connectivity index (χ1n) is 8.63. The van der Waals surface area contributed by atoms with Crippen molar-refractivity contribution in [3.8, 4) is 0 Å². The first kappa shape index (κ1) is 15.4. The van der Waals surface area contributed by atoms with Crippen molar-refractivity contribution in [2.75, 3.05) is 13.1 Å². The third-order valence-corrected chi connectivity index (χ3v) is 5.18. The molecule has 1 aliphatic heterocycles. The summed E-state index contributed by atoms with van der Waals surface area (Å²) in [5.74, 6) is 0.650. The summed E-state index contributed by atoms with van der Waals surface area (Å²) in [7, 11) is 0. The zero-order valence-electron chi connectivity index (χ0n) is 13.9. The predicted molar refractivity (Wildman–Crippen MR) is 94.4 cm³/mol. The molecule has 3 aromatic rings. The number of hydrogen-bond donors (Lipinski definition) is 0. The Balaban J connectivity index is 1.53. The third kappa shape index (κ3) is 2.96. The summed E-state index contributed by atoms with van der Waals surface area (Å²) in [4.78, 5) is 2.50. The number of halogens is 1. The Morgan fingerprint density at radius 3 is 2.79 bits per heavy atom. The number of benzene rings is 2. The maximum Gasteiger partial charge on any atom is 0.137 e. The lowest BCUT2D eigenvalue weighted by Crippen LogP contribution is -2.37. The Morgan fingerprint density at radius 1 is 1.17 bits per heavy atom. The van der Waals surface area contributed by atoms with Gasteiger partial charge < -0.3 is 4.42 Å². The molecule has 2 heterocycles. The van der Waals surface area contributed by atoms with Crippen molar-refractivity contribution in [2.24, 2.45) is 5.92 Å². The average molecular weight is 323 g/mol. The van der Waals surface area contributed by atoms with Crippen LogP contribution < -0.4 is 0 Å². The van der Waals surface area contributed by atoms with Crippen LogP contribution in [0.1, 0.15) is 30.4 Å². The van der Waals surface area contributed by atoms with Crippen molar-refractivity contribution in [2.45, 2.75) is 25.8 Å². The maximum atomic E-state index is 14.0. The van der Waals surface area contributed by atoms with E-state index in [0.29, 0.717) is 11.8 Å². The molecule has 0 radical (unpaired) electrons. The fourth-order valence-electron chi connectivity index (χ4n) is 4.03. The number of piperidine rings is 1. The SMILES string of the molecule is CC1CN(Cc2ccccc2)CCC1c1cc(F)cc2ccoc12. The van der Waals surface area contributed by atoms with Crippen LogP contribution in [0.3, 0.4) is 0 Å². The third-order valence-electron chi connectivity index (χ3n) is 5.18. The average Bonchev–Trinajstić information content (AvgIpc) is 3.03. The number of fused-ring (bicyclic) bond motifs is 1. The van der Waals surface area contributed by atoms with Gasteiger partial charge in [0, 0.05) is 24.0 Å². The van der Waals surface area contributed by atoms with E-state index in [1.54, 1.807) is 18.4 Å². The number of likely N-dealkylation sites (tertiary alicyclic amines) is 1. The van der Waals surface area contributed by atoms with Crippen LogP contribution in [-0.4, -0.2) is 18.0 Å². The summed E-state index contributed by atoms with van der Waals surface area (Å²) >= 11 is 0. The van der Waals surface area contributed by atoms with Gasteiger partial charge >= 0.3 is 0 Å². The van der Waals surface area contributed by atoms with E-state index >= 15 is 0 Å². The molecule has 3 heteroatoms. The zero-order valence-corrected chi connectivity index (χ0v) is 13.9. The highest BCUT2D eigenvalue weighted by molar-refractivity contribution is 5.81. The predicted octanol–water partition coefficient (Wildman–Crippen LogP) is 5.20. The summed E-state index contributed by atoms with van der Waals surface area (Å²) < 4.78 is 19.6. The minimum atomic E-state index is -0.169. The van der Waals surface area contributed by atoms with Crippen LogP contribution in [0, 0.1) is 11.7 Å². The first-order chi connectivity index (χ1) is 11.7. The summed E-state index contributed by atoms with van der Waals surface area (Å²) in [5.41, 5.74) is 3.23. The Kier molecular flexibility index (Phi) is 4.11. The van der Waals surface area contributed by atoms with Crippen molar-refractivity contribution in [3.63, 3.8) is 0 Å². The molecule has 2 unspecified atom stereocenters. The van der Waals surface area contributed by atoms with Crippen molar-refractivity contribution < 1.29 is 8.81 Å². The Labute approximate surface area is 141 Å². The van der Waals surface area contributed by atoms with Crippen LogP contribution >= 0.6 is 0 Å². The molecule has 2 atom stereocenters. The van der Waals surface area contributed by atoms with Gasteiger partial charge in [0.1, 0.15) is 11.4 Å². The number of furan rings is 1. The molecule has 0 N–H and O–H groups in total. The molecule has 2 aromatic carbocycles. The van der Waals surface area contributed by atoms with Gasteiger partial charge in [0.2, 0.25) is 0 Å². The molecule has 1 fully saturated rings. The molecule has 124 valence electrons. The molecule has 2 nitrogen and oxygen atoms in total. The normalized spacial score (nSPS) is 22.1. The topological polar surface area (TPSA) is 16.4 Å². The van der Waals surface area contributed by atoms with Crippen molar-refractivity contribution in [1.82, 2.24) is 4.90 Å². The lowest BCUT2D eigenvalue weighted by molar-refractivity contribution is 0.156. The van der Waals surface area contributed by atoms with E-state index in [9.17, 15) is 4.39 Å². The molecule has 0 amide bonds. The van der Waals surface area contributed by atoms with Crippen LogP contribution in [-0.2, 0) is 6.54 Å². The highest BCUT2D eigenvalue weighted by Crippen LogP contribution is 2.37. The van der Waals surface area contributed by atoms with Gasteiger partial charge in [-0.2, -0.15) is 0 Å². The summed E-state index contributed by atoms with van der Waals surface area (Å²) in [6.45, 7) is 5.31. The van der Waals surface area contributed by atoms with E-state index in [4.69, 9.17) is 4.42 Å². The molecular formula is C21H22FNO. The molecule has 0 aliphatic carbocycles. The second-order valence-electron chi connectivity index (χ2n) is 6.93. The lowest BCUT2D eigenvalue weighted by Gasteiger charge is -2.37. The maximum absolute atomic E-state index is 14.0. The van der Waals surface area contributed by atoms with Gasteiger partial charge in [-0.15, -0.1) is 0 Å². The molecule has 24 heavy (non-hydrogen) atoms. The highest BCUT2D eigenvalue weighted by Gasteiger charge is 2.29. The molecular weight excluding hydrogens is 301 g/mol. The van der Waals surface area contributed by atoms with Crippen LogP contribution in [0.5, 0.6) is 0 Å². The second-order valence-corrected chi connectivity index (χ2v) is 6.93. The lowest BCUT2D eigenvalue weighted by atomic mass is 9.81. The van der Waals surface area contributed by atoms with Crippen molar-refractivity contribution >= 4 is 11.0 Å². The number of rotatable bonds is 3. The van der Waals surface area contributed by atoms with E-state index < -0.39 is 0 Å². The zero-order chi connectivity index (χ0) is 16.5.